The number of alkyl halides is 5. The van der Waals surface area contributed by atoms with Crippen LogP contribution in [0.3, 0.4) is 0 Å². The van der Waals surface area contributed by atoms with E-state index in [1.165, 1.54) is 20.2 Å². The fraction of sp³-hybridized carbons (Fsp3) is 0.450. The lowest BCUT2D eigenvalue weighted by Crippen LogP contribution is -2.48. The lowest BCUT2D eigenvalue weighted by atomic mass is 9.99. The molecule has 1 aliphatic heterocycles. The standard InChI is InChI=1S/C20H22F5N5O3/c1-11-8-15(19(21,22)20(23,24)25)30-16(28-11)9-13(29-30)18(32)27-7-6-26-10-12-4-3-5-14(33-2)17(12)31/h3-5,9-11,15,28,31H,6-8H2,1-2H3,(H,27,32). The van der Waals surface area contributed by atoms with Gasteiger partial charge in [0.05, 0.1) is 13.7 Å². The number of phenols is 1. The van der Waals surface area contributed by atoms with E-state index < -0.39 is 36.5 Å². The number of rotatable bonds is 7. The maximum atomic E-state index is 14.0. The van der Waals surface area contributed by atoms with Gasteiger partial charge in [-0.1, -0.05) is 6.07 Å². The number of nitrogens with zero attached hydrogens (tertiary/aromatic N) is 3. The van der Waals surface area contributed by atoms with E-state index in [9.17, 15) is 31.9 Å². The lowest BCUT2D eigenvalue weighted by Gasteiger charge is -2.35. The molecule has 0 spiro atoms. The Morgan fingerprint density at radius 1 is 1.39 bits per heavy atom. The molecule has 3 rings (SSSR count). The van der Waals surface area contributed by atoms with Crippen molar-refractivity contribution in [3.05, 3.63) is 35.5 Å². The fourth-order valence-electron chi connectivity index (χ4n) is 3.38. The van der Waals surface area contributed by atoms with Crippen LogP contribution in [0.5, 0.6) is 11.5 Å². The van der Waals surface area contributed by atoms with Crippen LogP contribution in [0.15, 0.2) is 29.3 Å². The van der Waals surface area contributed by atoms with Crippen molar-refractivity contribution >= 4 is 17.9 Å². The van der Waals surface area contributed by atoms with Crippen molar-refractivity contribution in [1.29, 1.82) is 0 Å². The van der Waals surface area contributed by atoms with Gasteiger partial charge in [0.1, 0.15) is 11.9 Å². The number of hydrogen-bond acceptors (Lipinski definition) is 6. The summed E-state index contributed by atoms with van der Waals surface area (Å²) >= 11 is 0. The van der Waals surface area contributed by atoms with Crippen LogP contribution in [0, 0.1) is 0 Å². The molecule has 1 amide bonds. The number of carbonyl (C=O) groups excluding carboxylic acids is 1. The van der Waals surface area contributed by atoms with E-state index in [1.54, 1.807) is 18.2 Å². The number of methoxy groups -OCH3 is 1. The molecule has 0 aliphatic carbocycles. The number of aliphatic imine (C=N–C) groups is 1. The number of aromatic hydroxyl groups is 1. The molecular formula is C20H22F5N5O3. The molecule has 33 heavy (non-hydrogen) atoms. The van der Waals surface area contributed by atoms with Gasteiger partial charge >= 0.3 is 12.1 Å². The van der Waals surface area contributed by atoms with Gasteiger partial charge in [-0.05, 0) is 25.5 Å². The molecule has 0 saturated carbocycles. The van der Waals surface area contributed by atoms with E-state index in [1.807, 2.05) is 0 Å². The van der Waals surface area contributed by atoms with Crippen molar-refractivity contribution in [3.63, 3.8) is 0 Å². The number of amides is 1. The third-order valence-electron chi connectivity index (χ3n) is 5.04. The van der Waals surface area contributed by atoms with Crippen molar-refractivity contribution in [2.75, 3.05) is 25.5 Å². The molecule has 2 unspecified atom stereocenters. The summed E-state index contributed by atoms with van der Waals surface area (Å²) in [7, 11) is 1.40. The maximum absolute atomic E-state index is 14.0. The van der Waals surface area contributed by atoms with Gasteiger partial charge < -0.3 is 20.5 Å². The summed E-state index contributed by atoms with van der Waals surface area (Å²) < 4.78 is 72.3. The quantitative estimate of drug-likeness (QED) is 0.324. The molecule has 3 N–H and O–H groups in total. The summed E-state index contributed by atoms with van der Waals surface area (Å²) in [6.07, 6.45) is -4.89. The van der Waals surface area contributed by atoms with E-state index >= 15 is 0 Å². The number of hydrogen-bond donors (Lipinski definition) is 3. The highest BCUT2D eigenvalue weighted by Crippen LogP contribution is 2.47. The van der Waals surface area contributed by atoms with Crippen LogP contribution in [0.25, 0.3) is 0 Å². The Morgan fingerprint density at radius 3 is 2.79 bits per heavy atom. The Hall–Kier alpha value is -3.38. The van der Waals surface area contributed by atoms with Crippen LogP contribution in [0.4, 0.5) is 27.8 Å². The fourth-order valence-corrected chi connectivity index (χ4v) is 3.38. The maximum Gasteiger partial charge on any atom is 0.455 e. The van der Waals surface area contributed by atoms with Gasteiger partial charge in [0.25, 0.3) is 5.91 Å². The zero-order valence-corrected chi connectivity index (χ0v) is 17.7. The second-order valence-electron chi connectivity index (χ2n) is 7.47. The molecular weight excluding hydrogens is 453 g/mol. The van der Waals surface area contributed by atoms with Crippen molar-refractivity contribution < 1.29 is 36.6 Å². The van der Waals surface area contributed by atoms with Crippen LogP contribution in [-0.4, -0.2) is 65.3 Å². The summed E-state index contributed by atoms with van der Waals surface area (Å²) in [5.41, 5.74) is 0.100. The Morgan fingerprint density at radius 2 is 2.12 bits per heavy atom. The molecule has 13 heteroatoms. The molecule has 0 radical (unpaired) electrons. The largest absolute Gasteiger partial charge is 0.504 e. The number of nitrogens with one attached hydrogen (secondary N) is 2. The molecule has 0 saturated heterocycles. The smallest absolute Gasteiger partial charge is 0.455 e. The summed E-state index contributed by atoms with van der Waals surface area (Å²) in [6, 6.07) is 3.02. The monoisotopic (exact) mass is 475 g/mol. The normalized spacial score (nSPS) is 18.6. The Kier molecular flexibility index (Phi) is 6.79. The highest BCUT2D eigenvalue weighted by Gasteiger charge is 2.64. The number of benzene rings is 1. The van der Waals surface area contributed by atoms with Crippen molar-refractivity contribution in [1.82, 2.24) is 15.1 Å². The van der Waals surface area contributed by atoms with E-state index in [-0.39, 0.29) is 36.1 Å². The molecule has 1 aromatic carbocycles. The molecule has 8 nitrogen and oxygen atoms in total. The van der Waals surface area contributed by atoms with Gasteiger partial charge in [-0.25, -0.2) is 4.68 Å². The number of anilines is 1. The van der Waals surface area contributed by atoms with Gasteiger partial charge in [0.2, 0.25) is 0 Å². The summed E-state index contributed by atoms with van der Waals surface area (Å²) in [5, 5.41) is 18.9. The third-order valence-corrected chi connectivity index (χ3v) is 5.04. The minimum atomic E-state index is -5.75. The first-order valence-electron chi connectivity index (χ1n) is 9.90. The molecule has 2 heterocycles. The summed E-state index contributed by atoms with van der Waals surface area (Å²) in [6.45, 7) is 1.61. The Balaban J connectivity index is 1.65. The highest BCUT2D eigenvalue weighted by molar-refractivity contribution is 5.93. The second-order valence-corrected chi connectivity index (χ2v) is 7.47. The molecule has 1 aromatic heterocycles. The van der Waals surface area contributed by atoms with Crippen LogP contribution >= 0.6 is 0 Å². The van der Waals surface area contributed by atoms with Gasteiger partial charge in [-0.15, -0.1) is 0 Å². The lowest BCUT2D eigenvalue weighted by molar-refractivity contribution is -0.301. The van der Waals surface area contributed by atoms with Crippen LogP contribution < -0.4 is 15.4 Å². The van der Waals surface area contributed by atoms with Gasteiger partial charge in [-0.3, -0.25) is 9.79 Å². The summed E-state index contributed by atoms with van der Waals surface area (Å²) in [4.78, 5) is 16.4. The van der Waals surface area contributed by atoms with Gasteiger partial charge in [0, 0.05) is 30.4 Å². The minimum Gasteiger partial charge on any atom is -0.504 e. The summed E-state index contributed by atoms with van der Waals surface area (Å²) in [5.74, 6) is -5.69. The number of halogens is 5. The molecule has 1 aliphatic rings. The highest BCUT2D eigenvalue weighted by atomic mass is 19.4. The van der Waals surface area contributed by atoms with Gasteiger partial charge in [0.15, 0.2) is 17.2 Å². The van der Waals surface area contributed by atoms with Crippen LogP contribution in [0.1, 0.15) is 35.4 Å². The Bertz CT molecular complexity index is 1040. The van der Waals surface area contributed by atoms with Crippen molar-refractivity contribution in [2.24, 2.45) is 4.99 Å². The number of phenolic OH excluding ortho intramolecular Hbond substituents is 1. The zero-order chi connectivity index (χ0) is 24.4. The van der Waals surface area contributed by atoms with E-state index in [0.29, 0.717) is 10.2 Å². The average molecular weight is 475 g/mol. The number of ether oxygens (including phenoxy) is 1. The SMILES string of the molecule is COc1cccc(C=NCCNC(=O)c2cc3n(n2)C(C(F)(F)C(F)(F)F)CC(C)N3)c1O. The molecule has 2 aromatic rings. The van der Waals surface area contributed by atoms with E-state index in [0.717, 1.165) is 6.07 Å². The number of para-hydroxylation sites is 1. The molecule has 0 fully saturated rings. The van der Waals surface area contributed by atoms with Crippen LogP contribution in [0.2, 0.25) is 0 Å². The predicted molar refractivity (Wildman–Crippen MR) is 109 cm³/mol. The Labute approximate surface area is 185 Å². The second kappa shape index (κ2) is 9.24. The first kappa shape index (κ1) is 24.3. The first-order chi connectivity index (χ1) is 15.5. The minimum absolute atomic E-state index is 0.0359. The topological polar surface area (TPSA) is 101 Å². The van der Waals surface area contributed by atoms with Gasteiger partial charge in [-0.2, -0.15) is 27.1 Å². The van der Waals surface area contributed by atoms with E-state index in [4.69, 9.17) is 4.74 Å². The van der Waals surface area contributed by atoms with E-state index in [2.05, 4.69) is 20.7 Å². The number of aromatic nitrogens is 2. The third kappa shape index (κ3) is 5.01. The zero-order valence-electron chi connectivity index (χ0n) is 17.7. The molecule has 180 valence electrons. The predicted octanol–water partition coefficient (Wildman–Crippen LogP) is 3.39. The van der Waals surface area contributed by atoms with Crippen molar-refractivity contribution in [2.45, 2.75) is 37.5 Å². The average Bonchev–Trinajstić information content (AvgIpc) is 3.17. The first-order valence-corrected chi connectivity index (χ1v) is 9.90. The number of fused-ring (bicyclic) bond motifs is 1. The van der Waals surface area contributed by atoms with Crippen molar-refractivity contribution in [3.8, 4) is 11.5 Å². The molecule has 2 atom stereocenters. The van der Waals surface area contributed by atoms with Crippen LogP contribution in [-0.2, 0) is 0 Å². The number of carbonyl (C=O) groups is 1. The molecule has 0 bridgehead atoms.